The van der Waals surface area contributed by atoms with E-state index in [-0.39, 0.29) is 24.7 Å². The Bertz CT molecular complexity index is 1470. The van der Waals surface area contributed by atoms with Gasteiger partial charge in [0, 0.05) is 40.9 Å². The minimum atomic E-state index is -0.885. The molecule has 1 atom stereocenters. The van der Waals surface area contributed by atoms with Crippen molar-refractivity contribution in [3.8, 4) is 16.9 Å². The lowest BCUT2D eigenvalue weighted by molar-refractivity contribution is -0.120. The predicted octanol–water partition coefficient (Wildman–Crippen LogP) is 5.84. The van der Waals surface area contributed by atoms with Crippen molar-refractivity contribution >= 4 is 29.0 Å². The van der Waals surface area contributed by atoms with Crippen LogP contribution in [-0.4, -0.2) is 42.2 Å². The highest BCUT2D eigenvalue weighted by molar-refractivity contribution is 6.31. The summed E-state index contributed by atoms with van der Waals surface area (Å²) in [6, 6.07) is 11.1. The smallest absolute Gasteiger partial charge is 0.252 e. The highest BCUT2D eigenvalue weighted by atomic mass is 35.5. The summed E-state index contributed by atoms with van der Waals surface area (Å²) in [6.45, 7) is 8.68. The number of fused-ring (bicyclic) bond motifs is 1. The number of nitrogens with one attached hydrogen (secondary N) is 1. The molecule has 9 heteroatoms. The number of rotatable bonds is 9. The van der Waals surface area contributed by atoms with Crippen LogP contribution in [0.25, 0.3) is 11.1 Å². The zero-order valence-corrected chi connectivity index (χ0v) is 24.3. The minimum Gasteiger partial charge on any atom is -0.495 e. The molecule has 2 aromatic carbocycles. The van der Waals surface area contributed by atoms with Crippen LogP contribution in [0, 0.1) is 0 Å². The summed E-state index contributed by atoms with van der Waals surface area (Å²) in [5.74, 6) is -0.201. The van der Waals surface area contributed by atoms with Gasteiger partial charge in [-0.25, -0.2) is 0 Å². The normalized spacial score (nSPS) is 13.8. The molecular weight excluding hydrogens is 532 g/mol. The summed E-state index contributed by atoms with van der Waals surface area (Å²) < 4.78 is 18.4. The number of Topliss-reactive ketones (excluding diaryl/α,β-unsaturated/α-hetero) is 1. The fourth-order valence-corrected chi connectivity index (χ4v) is 4.90. The number of amides is 1. The lowest BCUT2D eigenvalue weighted by atomic mass is 9.97. The van der Waals surface area contributed by atoms with Crippen molar-refractivity contribution in [2.75, 3.05) is 25.6 Å². The molecule has 1 amide bonds. The van der Waals surface area contributed by atoms with Gasteiger partial charge in [-0.1, -0.05) is 17.7 Å². The number of hydrogen-bond donors (Lipinski definition) is 1. The maximum absolute atomic E-state index is 13.7. The van der Waals surface area contributed by atoms with Gasteiger partial charge >= 0.3 is 0 Å². The molecule has 0 radical (unpaired) electrons. The SMILES string of the molecule is COc1cn(C(CCOC(C)(C)C)C(=O)Nc2ccc3c(c2)CCOC3)c(=O)cc1-c1cc(Cl)ccc1C(C)=O. The first-order valence-electron chi connectivity index (χ1n) is 13.2. The fraction of sp³-hybridized carbons (Fsp3) is 0.387. The van der Waals surface area contributed by atoms with E-state index >= 15 is 0 Å². The molecule has 2 heterocycles. The topological polar surface area (TPSA) is 95.9 Å². The van der Waals surface area contributed by atoms with Gasteiger partial charge < -0.3 is 19.5 Å². The lowest BCUT2D eigenvalue weighted by Gasteiger charge is -2.25. The van der Waals surface area contributed by atoms with Gasteiger partial charge in [0.1, 0.15) is 11.8 Å². The number of methoxy groups -OCH3 is 1. The number of anilines is 1. The fourth-order valence-electron chi connectivity index (χ4n) is 4.73. The summed E-state index contributed by atoms with van der Waals surface area (Å²) in [5, 5.41) is 3.40. The van der Waals surface area contributed by atoms with Crippen molar-refractivity contribution in [3.05, 3.63) is 80.7 Å². The molecule has 1 unspecified atom stereocenters. The number of ether oxygens (including phenoxy) is 3. The Morgan fingerprint density at radius 2 is 1.88 bits per heavy atom. The number of hydrogen-bond acceptors (Lipinski definition) is 6. The van der Waals surface area contributed by atoms with E-state index in [1.807, 2.05) is 39.0 Å². The van der Waals surface area contributed by atoms with Crippen molar-refractivity contribution in [1.29, 1.82) is 0 Å². The standard InChI is InChI=1S/C31H35ClN2O6/c1-19(35)24-9-7-22(32)15-25(24)26-16-29(36)34(17-28(26)38-5)27(11-13-40-31(2,3)4)30(37)33-23-8-6-21-18-39-12-10-20(21)14-23/h6-9,14-17,27H,10-13,18H2,1-5H3,(H,33,37). The van der Waals surface area contributed by atoms with Gasteiger partial charge in [-0.15, -0.1) is 0 Å². The van der Waals surface area contributed by atoms with Gasteiger partial charge in [0.25, 0.3) is 5.56 Å². The highest BCUT2D eigenvalue weighted by Crippen LogP contribution is 2.34. The Kier molecular flexibility index (Phi) is 9.13. The predicted molar refractivity (Wildman–Crippen MR) is 155 cm³/mol. The molecular formula is C31H35ClN2O6. The molecule has 4 rings (SSSR count). The summed E-state index contributed by atoms with van der Waals surface area (Å²) >= 11 is 6.24. The Morgan fingerprint density at radius 1 is 1.10 bits per heavy atom. The van der Waals surface area contributed by atoms with E-state index in [2.05, 4.69) is 5.32 Å². The molecule has 0 aliphatic carbocycles. The number of nitrogens with zero attached hydrogens (tertiary/aromatic N) is 1. The number of carbonyl (C=O) groups excluding carboxylic acids is 2. The third-order valence-electron chi connectivity index (χ3n) is 6.73. The first kappa shape index (κ1) is 29.5. The molecule has 0 fully saturated rings. The third kappa shape index (κ3) is 6.99. The second-order valence-electron chi connectivity index (χ2n) is 10.8. The van der Waals surface area contributed by atoms with E-state index in [1.54, 1.807) is 18.2 Å². The van der Waals surface area contributed by atoms with E-state index < -0.39 is 17.2 Å². The number of benzene rings is 2. The van der Waals surface area contributed by atoms with Crippen LogP contribution >= 0.6 is 11.6 Å². The second-order valence-corrected chi connectivity index (χ2v) is 11.2. The van der Waals surface area contributed by atoms with Gasteiger partial charge in [-0.3, -0.25) is 19.0 Å². The summed E-state index contributed by atoms with van der Waals surface area (Å²) in [6.07, 6.45) is 2.53. The van der Waals surface area contributed by atoms with Crippen molar-refractivity contribution in [2.45, 2.75) is 58.8 Å². The van der Waals surface area contributed by atoms with Crippen LogP contribution in [0.1, 0.15) is 61.6 Å². The molecule has 1 aliphatic rings. The number of ketones is 1. The van der Waals surface area contributed by atoms with Gasteiger partial charge in [-0.05, 0) is 81.1 Å². The summed E-state index contributed by atoms with van der Waals surface area (Å²) in [4.78, 5) is 39.6. The first-order valence-corrected chi connectivity index (χ1v) is 13.6. The maximum Gasteiger partial charge on any atom is 0.252 e. The molecule has 0 spiro atoms. The second kappa shape index (κ2) is 12.4. The van der Waals surface area contributed by atoms with E-state index in [9.17, 15) is 14.4 Å². The molecule has 0 saturated heterocycles. The van der Waals surface area contributed by atoms with E-state index in [0.717, 1.165) is 17.5 Å². The molecule has 0 bridgehead atoms. The summed E-state index contributed by atoms with van der Waals surface area (Å²) in [5.41, 5.74) is 3.34. The Labute approximate surface area is 239 Å². The maximum atomic E-state index is 13.7. The van der Waals surface area contributed by atoms with Gasteiger partial charge in [0.05, 0.1) is 32.1 Å². The van der Waals surface area contributed by atoms with Crippen molar-refractivity contribution in [1.82, 2.24) is 4.57 Å². The number of pyridine rings is 1. The average molecular weight is 567 g/mol. The van der Waals surface area contributed by atoms with Crippen LogP contribution in [0.2, 0.25) is 5.02 Å². The Balaban J connectivity index is 1.73. The molecule has 1 N–H and O–H groups in total. The van der Waals surface area contributed by atoms with Crippen molar-refractivity contribution in [3.63, 3.8) is 0 Å². The summed E-state index contributed by atoms with van der Waals surface area (Å²) in [7, 11) is 1.47. The molecule has 0 saturated carbocycles. The van der Waals surface area contributed by atoms with Crippen LogP contribution in [0.4, 0.5) is 5.69 Å². The zero-order valence-electron chi connectivity index (χ0n) is 23.5. The van der Waals surface area contributed by atoms with Gasteiger partial charge in [0.15, 0.2) is 5.78 Å². The van der Waals surface area contributed by atoms with Crippen LogP contribution in [-0.2, 0) is 27.3 Å². The minimum absolute atomic E-state index is 0.175. The van der Waals surface area contributed by atoms with E-state index in [0.29, 0.717) is 46.4 Å². The largest absolute Gasteiger partial charge is 0.495 e. The Hall–Kier alpha value is -3.46. The molecule has 8 nitrogen and oxygen atoms in total. The average Bonchev–Trinajstić information content (AvgIpc) is 2.90. The lowest BCUT2D eigenvalue weighted by Crippen LogP contribution is -2.34. The quantitative estimate of drug-likeness (QED) is 0.327. The number of aromatic nitrogens is 1. The monoisotopic (exact) mass is 566 g/mol. The molecule has 3 aromatic rings. The molecule has 1 aromatic heterocycles. The van der Waals surface area contributed by atoms with Crippen molar-refractivity contribution in [2.24, 2.45) is 0 Å². The number of carbonyl (C=O) groups is 2. The Morgan fingerprint density at radius 3 is 2.58 bits per heavy atom. The van der Waals surface area contributed by atoms with Crippen LogP contribution in [0.15, 0.2) is 53.5 Å². The highest BCUT2D eigenvalue weighted by Gasteiger charge is 2.26. The molecule has 212 valence electrons. The van der Waals surface area contributed by atoms with Crippen LogP contribution < -0.4 is 15.6 Å². The van der Waals surface area contributed by atoms with Crippen molar-refractivity contribution < 1.29 is 23.8 Å². The molecule has 1 aliphatic heterocycles. The first-order chi connectivity index (χ1) is 19.0. The van der Waals surface area contributed by atoms with Gasteiger partial charge in [0.2, 0.25) is 5.91 Å². The van der Waals surface area contributed by atoms with Gasteiger partial charge in [-0.2, -0.15) is 0 Å². The molecule has 40 heavy (non-hydrogen) atoms. The van der Waals surface area contributed by atoms with E-state index in [1.165, 1.54) is 30.9 Å². The van der Waals surface area contributed by atoms with E-state index in [4.69, 9.17) is 25.8 Å². The van der Waals surface area contributed by atoms with Crippen LogP contribution in [0.3, 0.4) is 0 Å². The van der Waals surface area contributed by atoms with Crippen LogP contribution in [0.5, 0.6) is 5.75 Å². The number of halogens is 1. The third-order valence-corrected chi connectivity index (χ3v) is 6.96. The zero-order chi connectivity index (χ0) is 29.0.